The first-order chi connectivity index (χ1) is 11.8. The summed E-state index contributed by atoms with van der Waals surface area (Å²) in [5, 5.41) is 0. The van der Waals surface area contributed by atoms with Gasteiger partial charge >= 0.3 is 6.09 Å². The summed E-state index contributed by atoms with van der Waals surface area (Å²) in [6, 6.07) is 5.14. The van der Waals surface area contributed by atoms with Crippen LogP contribution in [0.4, 0.5) is 10.6 Å². The number of carbonyl (C=O) groups excluding carboxylic acids is 1. The molecule has 1 aliphatic carbocycles. The molecule has 1 saturated carbocycles. The minimum atomic E-state index is -0.503. The van der Waals surface area contributed by atoms with Gasteiger partial charge in [-0.05, 0) is 72.9 Å². The molecular weight excluding hydrogens is 314 g/mol. The summed E-state index contributed by atoms with van der Waals surface area (Å²) in [6.07, 6.45) is 5.86. The summed E-state index contributed by atoms with van der Waals surface area (Å²) in [4.78, 5) is 21.8. The van der Waals surface area contributed by atoms with Crippen molar-refractivity contribution in [1.82, 2.24) is 9.88 Å². The lowest BCUT2D eigenvalue weighted by molar-refractivity contribution is 0.0576. The highest BCUT2D eigenvalue weighted by Crippen LogP contribution is 2.41. The zero-order valence-corrected chi connectivity index (χ0v) is 16.2. The van der Waals surface area contributed by atoms with Crippen LogP contribution in [-0.2, 0) is 4.74 Å². The Labute approximate surface area is 151 Å². The topological polar surface area (TPSA) is 45.7 Å². The van der Waals surface area contributed by atoms with Gasteiger partial charge in [0.05, 0.1) is 0 Å². The lowest BCUT2D eigenvalue weighted by Crippen LogP contribution is -2.40. The zero-order chi connectivity index (χ0) is 18.2. The van der Waals surface area contributed by atoms with Crippen molar-refractivity contribution in [2.24, 2.45) is 0 Å². The number of anilines is 1. The predicted octanol–water partition coefficient (Wildman–Crippen LogP) is 4.53. The van der Waals surface area contributed by atoms with E-state index >= 15 is 0 Å². The normalized spacial score (nSPS) is 21.6. The Morgan fingerprint density at radius 1 is 1.32 bits per heavy atom. The number of hydrogen-bond donors (Lipinski definition) is 0. The van der Waals surface area contributed by atoms with E-state index in [-0.39, 0.29) is 12.1 Å². The van der Waals surface area contributed by atoms with E-state index in [2.05, 4.69) is 29.8 Å². The number of pyridine rings is 1. The average molecular weight is 345 g/mol. The maximum atomic E-state index is 12.9. The summed E-state index contributed by atoms with van der Waals surface area (Å²) in [5.74, 6) is 0.789. The highest BCUT2D eigenvalue weighted by atomic mass is 16.6. The molecule has 5 nitrogen and oxygen atoms in total. The quantitative estimate of drug-likeness (QED) is 0.804. The number of likely N-dealkylation sites (tertiary alicyclic amines) is 1. The molecule has 2 heterocycles. The Morgan fingerprint density at radius 3 is 2.64 bits per heavy atom. The molecule has 5 heteroatoms. The van der Waals surface area contributed by atoms with Crippen molar-refractivity contribution in [2.75, 3.05) is 11.4 Å². The Kier molecular flexibility index (Phi) is 5.05. The molecule has 138 valence electrons. The van der Waals surface area contributed by atoms with E-state index in [1.165, 1.54) is 6.42 Å². The van der Waals surface area contributed by atoms with Crippen molar-refractivity contribution >= 4 is 11.9 Å². The Balaban J connectivity index is 1.94. The van der Waals surface area contributed by atoms with Gasteiger partial charge in [0.2, 0.25) is 0 Å². The summed E-state index contributed by atoms with van der Waals surface area (Å²) in [6.45, 7) is 11.3. The molecule has 0 unspecified atom stereocenters. The molecule has 2 aliphatic rings. The van der Waals surface area contributed by atoms with Crippen LogP contribution in [0.25, 0.3) is 0 Å². The molecule has 1 amide bonds. The molecule has 1 aliphatic heterocycles. The summed E-state index contributed by atoms with van der Waals surface area (Å²) < 4.78 is 5.68. The number of rotatable bonds is 4. The van der Waals surface area contributed by atoms with Crippen LogP contribution in [0.15, 0.2) is 18.3 Å². The van der Waals surface area contributed by atoms with Crippen LogP contribution in [0, 0.1) is 0 Å². The second-order valence-corrected chi connectivity index (χ2v) is 8.49. The SMILES string of the molecule is CC(C)N1CCC[C@@H]1c1cccnc1N(C(=O)OC(C)(C)C)C1CC1. The maximum absolute atomic E-state index is 12.9. The smallest absolute Gasteiger partial charge is 0.416 e. The van der Waals surface area contributed by atoms with Crippen LogP contribution in [0.2, 0.25) is 0 Å². The van der Waals surface area contributed by atoms with Gasteiger partial charge in [0.25, 0.3) is 0 Å². The van der Waals surface area contributed by atoms with Crippen molar-refractivity contribution < 1.29 is 9.53 Å². The fraction of sp³-hybridized carbons (Fsp3) is 0.700. The zero-order valence-electron chi connectivity index (χ0n) is 16.2. The molecule has 0 N–H and O–H groups in total. The Bertz CT molecular complexity index is 620. The van der Waals surface area contributed by atoms with Gasteiger partial charge < -0.3 is 4.74 Å². The molecule has 0 aromatic carbocycles. The van der Waals surface area contributed by atoms with Gasteiger partial charge in [0.1, 0.15) is 11.4 Å². The van der Waals surface area contributed by atoms with Gasteiger partial charge in [0, 0.05) is 29.9 Å². The number of ether oxygens (including phenoxy) is 1. The van der Waals surface area contributed by atoms with Gasteiger partial charge in [0.15, 0.2) is 0 Å². The molecule has 1 aromatic heterocycles. The fourth-order valence-corrected chi connectivity index (χ4v) is 3.66. The molecule has 0 spiro atoms. The van der Waals surface area contributed by atoms with Crippen LogP contribution < -0.4 is 4.90 Å². The van der Waals surface area contributed by atoms with E-state index in [4.69, 9.17) is 4.74 Å². The van der Waals surface area contributed by atoms with Gasteiger partial charge in [-0.15, -0.1) is 0 Å². The largest absolute Gasteiger partial charge is 0.443 e. The first kappa shape index (κ1) is 18.2. The Morgan fingerprint density at radius 2 is 2.04 bits per heavy atom. The van der Waals surface area contributed by atoms with Gasteiger partial charge in [-0.1, -0.05) is 6.07 Å². The van der Waals surface area contributed by atoms with E-state index in [0.29, 0.717) is 12.1 Å². The van der Waals surface area contributed by atoms with Gasteiger partial charge in [-0.2, -0.15) is 0 Å². The third-order valence-corrected chi connectivity index (χ3v) is 4.86. The molecular formula is C20H31N3O2. The van der Waals surface area contributed by atoms with E-state index in [9.17, 15) is 4.79 Å². The van der Waals surface area contributed by atoms with Crippen LogP contribution in [0.3, 0.4) is 0 Å². The van der Waals surface area contributed by atoms with E-state index in [1.807, 2.05) is 26.8 Å². The summed E-state index contributed by atoms with van der Waals surface area (Å²) in [7, 11) is 0. The van der Waals surface area contributed by atoms with Crippen LogP contribution in [0.1, 0.15) is 71.9 Å². The second-order valence-electron chi connectivity index (χ2n) is 8.49. The third-order valence-electron chi connectivity index (χ3n) is 4.86. The molecule has 0 radical (unpaired) electrons. The number of aromatic nitrogens is 1. The lowest BCUT2D eigenvalue weighted by Gasteiger charge is -2.32. The summed E-state index contributed by atoms with van der Waals surface area (Å²) in [5.41, 5.74) is 0.655. The molecule has 1 saturated heterocycles. The van der Waals surface area contributed by atoms with Crippen LogP contribution in [0.5, 0.6) is 0 Å². The highest BCUT2D eigenvalue weighted by molar-refractivity contribution is 5.89. The molecule has 2 fully saturated rings. The van der Waals surface area contributed by atoms with Crippen molar-refractivity contribution in [3.8, 4) is 0 Å². The molecule has 1 aromatic rings. The van der Waals surface area contributed by atoms with E-state index in [1.54, 1.807) is 11.1 Å². The first-order valence-electron chi connectivity index (χ1n) is 9.51. The maximum Gasteiger partial charge on any atom is 0.416 e. The van der Waals surface area contributed by atoms with Crippen LogP contribution >= 0.6 is 0 Å². The highest BCUT2D eigenvalue weighted by Gasteiger charge is 2.40. The van der Waals surface area contributed by atoms with Gasteiger partial charge in [-0.3, -0.25) is 9.80 Å². The standard InChI is InChI=1S/C20H31N3O2/c1-14(2)22-13-7-9-17(22)16-8-6-12-21-18(16)23(15-10-11-15)19(24)25-20(3,4)5/h6,8,12,14-15,17H,7,9-11,13H2,1-5H3/t17-/m1/s1. The van der Waals surface area contributed by atoms with Crippen molar-refractivity contribution in [3.63, 3.8) is 0 Å². The lowest BCUT2D eigenvalue weighted by atomic mass is 10.0. The minimum Gasteiger partial charge on any atom is -0.443 e. The monoisotopic (exact) mass is 345 g/mol. The molecule has 25 heavy (non-hydrogen) atoms. The third kappa shape index (κ3) is 4.14. The fourth-order valence-electron chi connectivity index (χ4n) is 3.66. The Hall–Kier alpha value is -1.62. The second kappa shape index (κ2) is 6.94. The average Bonchev–Trinajstić information content (AvgIpc) is 3.21. The van der Waals surface area contributed by atoms with E-state index < -0.39 is 5.60 Å². The number of nitrogens with zero attached hydrogens (tertiary/aromatic N) is 3. The van der Waals surface area contributed by atoms with E-state index in [0.717, 1.165) is 37.2 Å². The molecule has 0 bridgehead atoms. The summed E-state index contributed by atoms with van der Waals surface area (Å²) >= 11 is 0. The number of hydrogen-bond acceptors (Lipinski definition) is 4. The molecule has 1 atom stereocenters. The number of amides is 1. The van der Waals surface area contributed by atoms with Gasteiger partial charge in [-0.25, -0.2) is 9.78 Å². The predicted molar refractivity (Wildman–Crippen MR) is 99.8 cm³/mol. The van der Waals surface area contributed by atoms with Crippen molar-refractivity contribution in [2.45, 2.75) is 84.0 Å². The van der Waals surface area contributed by atoms with Crippen molar-refractivity contribution in [3.05, 3.63) is 23.9 Å². The minimum absolute atomic E-state index is 0.220. The number of carbonyl (C=O) groups is 1. The first-order valence-corrected chi connectivity index (χ1v) is 9.51. The molecule has 3 rings (SSSR count). The van der Waals surface area contributed by atoms with Crippen LogP contribution in [-0.4, -0.2) is 40.2 Å². The van der Waals surface area contributed by atoms with Crippen molar-refractivity contribution in [1.29, 1.82) is 0 Å².